The van der Waals surface area contributed by atoms with Crippen molar-refractivity contribution < 1.29 is 34.0 Å². The summed E-state index contributed by atoms with van der Waals surface area (Å²) in [5.41, 5.74) is 12.7. The van der Waals surface area contributed by atoms with Gasteiger partial charge in [-0.25, -0.2) is 4.98 Å². The lowest BCUT2D eigenvalue weighted by Gasteiger charge is -2.39. The van der Waals surface area contributed by atoms with E-state index in [4.69, 9.17) is 24.7 Å². The zero-order chi connectivity index (χ0) is 34.3. The fraction of sp³-hybridized carbons (Fsp3) is 0.385. The molecular weight excluding hydrogens is 622 g/mol. The van der Waals surface area contributed by atoms with Crippen LogP contribution in [-0.2, 0) is 27.8 Å². The lowest BCUT2D eigenvalue weighted by atomic mass is 9.65. The van der Waals surface area contributed by atoms with Crippen LogP contribution in [0.4, 0.5) is 5.82 Å². The van der Waals surface area contributed by atoms with E-state index in [0.29, 0.717) is 36.4 Å². The Kier molecular flexibility index (Phi) is 8.75. The molecule has 10 nitrogen and oxygen atoms in total. The molecule has 0 saturated heterocycles. The molecule has 7 rings (SSSR count). The number of fused-ring (bicyclic) bond motifs is 6. The first kappa shape index (κ1) is 32.6. The number of aromatic hydroxyl groups is 2. The quantitative estimate of drug-likeness (QED) is 0.118. The van der Waals surface area contributed by atoms with Crippen LogP contribution in [0.25, 0.3) is 11.1 Å². The van der Waals surface area contributed by atoms with Crippen molar-refractivity contribution in [3.05, 3.63) is 88.6 Å². The van der Waals surface area contributed by atoms with Crippen molar-refractivity contribution in [2.24, 2.45) is 5.92 Å². The molecule has 0 radical (unpaired) electrons. The molecule has 1 saturated carbocycles. The van der Waals surface area contributed by atoms with Gasteiger partial charge in [0.2, 0.25) is 0 Å². The maximum atomic E-state index is 12.1. The van der Waals surface area contributed by atoms with Gasteiger partial charge in [-0.1, -0.05) is 24.3 Å². The summed E-state index contributed by atoms with van der Waals surface area (Å²) in [6.07, 6.45) is 5.86. The molecule has 1 aliphatic heterocycles. The summed E-state index contributed by atoms with van der Waals surface area (Å²) < 4.78 is 24.5. The topological polar surface area (TPSA) is 145 Å². The number of anilines is 1. The van der Waals surface area contributed by atoms with E-state index < -0.39 is 6.10 Å². The molecule has 1 spiro atoms. The van der Waals surface area contributed by atoms with Crippen molar-refractivity contribution in [2.75, 3.05) is 39.6 Å². The zero-order valence-corrected chi connectivity index (χ0v) is 28.1. The number of nitrogens with one attached hydrogen (secondary N) is 1. The maximum Gasteiger partial charge on any atom is 0.302 e. The third-order valence-corrected chi connectivity index (χ3v) is 10.4. The van der Waals surface area contributed by atoms with Crippen molar-refractivity contribution in [1.82, 2.24) is 10.3 Å². The molecule has 5 N–H and O–H groups in total. The number of ether oxygens (including phenoxy) is 4. The summed E-state index contributed by atoms with van der Waals surface area (Å²) in [6.45, 7) is 2.55. The molecule has 0 amide bonds. The Morgan fingerprint density at radius 1 is 1.12 bits per heavy atom. The van der Waals surface area contributed by atoms with Crippen LogP contribution >= 0.6 is 0 Å². The van der Waals surface area contributed by atoms with Gasteiger partial charge >= 0.3 is 5.97 Å². The maximum absolute atomic E-state index is 12.1. The fourth-order valence-corrected chi connectivity index (χ4v) is 8.30. The predicted octanol–water partition coefficient (Wildman–Crippen LogP) is 5.97. The van der Waals surface area contributed by atoms with Gasteiger partial charge in [-0.3, -0.25) is 4.79 Å². The minimum Gasteiger partial charge on any atom is -0.508 e. The van der Waals surface area contributed by atoms with Crippen LogP contribution in [0.3, 0.4) is 0 Å². The highest BCUT2D eigenvalue weighted by atomic mass is 16.5. The van der Waals surface area contributed by atoms with Gasteiger partial charge in [0, 0.05) is 47.8 Å². The van der Waals surface area contributed by atoms with Crippen LogP contribution in [0.5, 0.6) is 28.7 Å². The van der Waals surface area contributed by atoms with Crippen LogP contribution in [0.1, 0.15) is 66.0 Å². The molecule has 3 aliphatic rings. The van der Waals surface area contributed by atoms with Gasteiger partial charge in [-0.05, 0) is 91.6 Å². The van der Waals surface area contributed by atoms with Crippen LogP contribution in [0, 0.1) is 5.92 Å². The summed E-state index contributed by atoms with van der Waals surface area (Å²) in [5.74, 6) is 2.26. The number of nitrogens with zero attached hydrogens (tertiary/aromatic N) is 1. The number of nitrogen functional groups attached to an aromatic ring is 1. The minimum atomic E-state index is -0.494. The third kappa shape index (κ3) is 6.10. The molecule has 4 aromatic rings. The average Bonchev–Trinajstić information content (AvgIpc) is 3.66. The molecule has 1 aromatic heterocycles. The molecule has 2 heterocycles. The number of aromatic nitrogens is 1. The van der Waals surface area contributed by atoms with Gasteiger partial charge in [0.25, 0.3) is 0 Å². The number of rotatable bonds is 10. The number of phenols is 2. The first-order valence-electron chi connectivity index (χ1n) is 16.9. The van der Waals surface area contributed by atoms with Crippen molar-refractivity contribution in [1.29, 1.82) is 0 Å². The normalized spacial score (nSPS) is 21.8. The summed E-state index contributed by atoms with van der Waals surface area (Å²) in [4.78, 5) is 16.4. The molecule has 0 bridgehead atoms. The molecule has 49 heavy (non-hydrogen) atoms. The van der Waals surface area contributed by atoms with Crippen molar-refractivity contribution >= 4 is 11.8 Å². The Morgan fingerprint density at radius 2 is 1.98 bits per heavy atom. The second kappa shape index (κ2) is 13.2. The van der Waals surface area contributed by atoms with E-state index in [0.717, 1.165) is 76.8 Å². The number of likely N-dealkylation sites (N-methyl/N-ethyl adjacent to an activating group) is 1. The van der Waals surface area contributed by atoms with Crippen molar-refractivity contribution in [3.8, 4) is 39.9 Å². The number of methoxy groups -OCH3 is 1. The van der Waals surface area contributed by atoms with E-state index >= 15 is 0 Å². The highest BCUT2D eigenvalue weighted by molar-refractivity contribution is 5.84. The molecule has 3 aromatic carbocycles. The minimum absolute atomic E-state index is 0.0449. The Bertz CT molecular complexity index is 1880. The van der Waals surface area contributed by atoms with Crippen LogP contribution in [0.2, 0.25) is 0 Å². The van der Waals surface area contributed by atoms with Crippen LogP contribution < -0.4 is 25.3 Å². The monoisotopic (exact) mass is 665 g/mol. The van der Waals surface area contributed by atoms with E-state index in [1.165, 1.54) is 6.92 Å². The number of carbonyl (C=O) groups excluding carboxylic acids is 1. The molecular formula is C39H43N3O7. The first-order chi connectivity index (χ1) is 23.7. The van der Waals surface area contributed by atoms with E-state index in [1.807, 2.05) is 37.5 Å². The molecule has 256 valence electrons. The van der Waals surface area contributed by atoms with E-state index in [-0.39, 0.29) is 35.4 Å². The van der Waals surface area contributed by atoms with E-state index in [1.54, 1.807) is 19.2 Å². The van der Waals surface area contributed by atoms with E-state index in [9.17, 15) is 15.0 Å². The highest BCUT2D eigenvalue weighted by Gasteiger charge is 2.50. The Balaban J connectivity index is 1.34. The van der Waals surface area contributed by atoms with Crippen molar-refractivity contribution in [3.63, 3.8) is 0 Å². The van der Waals surface area contributed by atoms with Gasteiger partial charge in [0.15, 0.2) is 11.5 Å². The number of nitrogens with two attached hydrogens (primary N) is 1. The number of hydrogen-bond donors (Lipinski definition) is 4. The number of phenolic OH excluding ortho intramolecular Hbond substituents is 2. The van der Waals surface area contributed by atoms with Gasteiger partial charge in [-0.15, -0.1) is 0 Å². The number of esters is 1. The zero-order valence-electron chi connectivity index (χ0n) is 28.1. The average molecular weight is 666 g/mol. The summed E-state index contributed by atoms with van der Waals surface area (Å²) in [7, 11) is 3.47. The number of carbonyl (C=O) groups is 1. The predicted molar refractivity (Wildman–Crippen MR) is 185 cm³/mol. The van der Waals surface area contributed by atoms with Gasteiger partial charge in [-0.2, -0.15) is 0 Å². The molecule has 0 unspecified atom stereocenters. The number of pyridine rings is 1. The second-order valence-corrected chi connectivity index (χ2v) is 13.6. The summed E-state index contributed by atoms with van der Waals surface area (Å²) in [5, 5.41) is 24.4. The molecule has 4 atom stereocenters. The largest absolute Gasteiger partial charge is 0.508 e. The standard InChI is InChI=1S/C39H43N3O7/c1-22(43)48-21-30-28-6-7-29-35-26(15-27(44)17-33(35)46-3)19-39(11-10-23(18-39)14-24-4-9-34(40)42-20-24)36(29)38(28)49-37(30)25-5-8-31(45)32(16-25)47-13-12-41-2/h4-9,15-17,20,23,30,37,41,44-45H,10-14,18-19,21H2,1-3H3,(H2,40,42)/t23-,30-,37+,39+/m0/s1. The molecule has 1 fully saturated rings. The lowest BCUT2D eigenvalue weighted by molar-refractivity contribution is -0.141. The SMILES string of the molecule is CNCCOc1cc([C@H]2Oc3c(ccc4c3[C@@]3(CC[C@@H](Cc5ccc(N)nc5)C3)Cc3cc(O)cc(OC)c3-4)[C@@H]2COC(C)=O)ccc1O. The molecule has 2 aliphatic carbocycles. The van der Waals surface area contributed by atoms with Crippen LogP contribution in [-0.4, -0.2) is 55.1 Å². The number of benzene rings is 3. The van der Waals surface area contributed by atoms with Gasteiger partial charge in [0.05, 0.1) is 13.0 Å². The Hall–Kier alpha value is -4.96. The van der Waals surface area contributed by atoms with Gasteiger partial charge < -0.3 is 40.2 Å². The van der Waals surface area contributed by atoms with Crippen LogP contribution in [0.15, 0.2) is 60.8 Å². The Morgan fingerprint density at radius 3 is 2.73 bits per heavy atom. The first-order valence-corrected chi connectivity index (χ1v) is 16.9. The smallest absolute Gasteiger partial charge is 0.302 e. The summed E-state index contributed by atoms with van der Waals surface area (Å²) >= 11 is 0. The second-order valence-electron chi connectivity index (χ2n) is 13.6. The molecule has 10 heteroatoms. The summed E-state index contributed by atoms with van der Waals surface area (Å²) in [6, 6.07) is 16.9. The van der Waals surface area contributed by atoms with Crippen molar-refractivity contribution in [2.45, 2.75) is 56.5 Å². The fourth-order valence-electron chi connectivity index (χ4n) is 8.30. The van der Waals surface area contributed by atoms with Gasteiger partial charge in [0.1, 0.15) is 42.4 Å². The Labute approximate surface area is 286 Å². The highest BCUT2D eigenvalue weighted by Crippen LogP contribution is 2.62. The third-order valence-electron chi connectivity index (χ3n) is 10.4. The number of hydrogen-bond acceptors (Lipinski definition) is 10. The lowest BCUT2D eigenvalue weighted by Crippen LogP contribution is -2.31. The van der Waals surface area contributed by atoms with E-state index in [2.05, 4.69) is 28.5 Å².